The van der Waals surface area contributed by atoms with Gasteiger partial charge in [-0.05, 0) is 18.2 Å². The summed E-state index contributed by atoms with van der Waals surface area (Å²) in [7, 11) is 1.60. The Labute approximate surface area is 193 Å². The van der Waals surface area contributed by atoms with Crippen molar-refractivity contribution in [2.45, 2.75) is 6.17 Å². The summed E-state index contributed by atoms with van der Waals surface area (Å²) in [5.41, 5.74) is 2.23. The summed E-state index contributed by atoms with van der Waals surface area (Å²) in [5, 5.41) is 16.4. The van der Waals surface area contributed by atoms with Gasteiger partial charge in [0.25, 0.3) is 11.6 Å². The van der Waals surface area contributed by atoms with Gasteiger partial charge in [0.15, 0.2) is 0 Å². The number of carbonyl (C=O) groups excluding carboxylic acids is 2. The fourth-order valence-electron chi connectivity index (χ4n) is 3.49. The first-order chi connectivity index (χ1) is 15.8. The lowest BCUT2D eigenvalue weighted by atomic mass is 10.0. The van der Waals surface area contributed by atoms with Crippen molar-refractivity contribution in [2.75, 3.05) is 17.3 Å². The number of fused-ring (bicyclic) bond motifs is 1. The number of likely N-dealkylation sites (N-methyl/N-ethyl adjacent to an activating group) is 1. The highest BCUT2D eigenvalue weighted by atomic mass is 35.5. The molecular weight excluding hydrogens is 446 g/mol. The molecule has 0 bridgehead atoms. The van der Waals surface area contributed by atoms with Crippen LogP contribution in [0.1, 0.15) is 11.1 Å². The number of hydrogen-bond acceptors (Lipinski definition) is 5. The quantitative estimate of drug-likeness (QED) is 0.445. The van der Waals surface area contributed by atoms with Crippen molar-refractivity contribution in [2.24, 2.45) is 4.99 Å². The lowest BCUT2D eigenvalue weighted by Gasteiger charge is -2.21. The molecule has 3 aromatic rings. The van der Waals surface area contributed by atoms with Crippen molar-refractivity contribution in [1.29, 1.82) is 0 Å². The van der Waals surface area contributed by atoms with Gasteiger partial charge in [-0.15, -0.1) is 0 Å². The third-order valence-electron chi connectivity index (χ3n) is 5.06. The van der Waals surface area contributed by atoms with Gasteiger partial charge in [0.1, 0.15) is 5.69 Å². The third-order valence-corrected chi connectivity index (χ3v) is 5.30. The van der Waals surface area contributed by atoms with E-state index in [1.807, 2.05) is 48.5 Å². The monoisotopic (exact) mass is 463 g/mol. The normalized spacial score (nSPS) is 15.2. The van der Waals surface area contributed by atoms with E-state index in [0.29, 0.717) is 11.4 Å². The molecule has 1 atom stereocenters. The zero-order valence-electron chi connectivity index (χ0n) is 17.4. The van der Waals surface area contributed by atoms with Crippen molar-refractivity contribution >= 4 is 46.3 Å². The van der Waals surface area contributed by atoms with Gasteiger partial charge in [-0.3, -0.25) is 14.9 Å². The Hall–Kier alpha value is -4.24. The molecule has 0 radical (unpaired) electrons. The van der Waals surface area contributed by atoms with Crippen molar-refractivity contribution in [3.8, 4) is 0 Å². The summed E-state index contributed by atoms with van der Waals surface area (Å²) < 4.78 is 0. The molecule has 0 aromatic heterocycles. The lowest BCUT2D eigenvalue weighted by Crippen LogP contribution is -2.47. The standard InChI is InChI=1S/C23H18ClN5O4/c1-28-18-10-6-5-9-16(18)20(14-7-3-2-4-8-14)26-21(22(28)30)27-23(31)25-17-13-15(24)11-12-19(17)29(32)33/h2-13,21H,1H3,(H2,25,27,31)/t21-/m0/s1. The maximum absolute atomic E-state index is 13.1. The van der Waals surface area contributed by atoms with Gasteiger partial charge in [-0.25, -0.2) is 9.79 Å². The number of hydrogen-bond donors (Lipinski definition) is 2. The van der Waals surface area contributed by atoms with E-state index >= 15 is 0 Å². The fourth-order valence-corrected chi connectivity index (χ4v) is 3.66. The van der Waals surface area contributed by atoms with Crippen LogP contribution in [0, 0.1) is 10.1 Å². The molecule has 166 valence electrons. The Balaban J connectivity index is 1.69. The zero-order valence-corrected chi connectivity index (χ0v) is 18.1. The van der Waals surface area contributed by atoms with Crippen LogP contribution < -0.4 is 15.5 Å². The Kier molecular flexibility index (Phi) is 6.05. The number of aliphatic imine (C=N–C) groups is 1. The maximum Gasteiger partial charge on any atom is 0.321 e. The minimum Gasteiger partial charge on any atom is -0.311 e. The largest absolute Gasteiger partial charge is 0.321 e. The van der Waals surface area contributed by atoms with Crippen LogP contribution in [0.5, 0.6) is 0 Å². The number of rotatable bonds is 4. The van der Waals surface area contributed by atoms with E-state index in [9.17, 15) is 19.7 Å². The molecule has 1 heterocycles. The molecule has 3 aromatic carbocycles. The number of benzodiazepines with no additional fused rings is 1. The van der Waals surface area contributed by atoms with E-state index in [0.717, 1.165) is 11.1 Å². The Morgan fingerprint density at radius 2 is 1.79 bits per heavy atom. The molecule has 0 unspecified atom stereocenters. The Morgan fingerprint density at radius 1 is 1.09 bits per heavy atom. The van der Waals surface area contributed by atoms with Crippen molar-refractivity contribution < 1.29 is 14.5 Å². The van der Waals surface area contributed by atoms with E-state index in [4.69, 9.17) is 11.6 Å². The first-order valence-corrected chi connectivity index (χ1v) is 10.2. The molecule has 4 rings (SSSR count). The SMILES string of the molecule is CN1C(=O)[C@H](NC(=O)Nc2cc(Cl)ccc2[N+](=O)[O-])N=C(c2ccccc2)c2ccccc21. The number of carbonyl (C=O) groups is 2. The molecule has 0 spiro atoms. The minimum atomic E-state index is -1.27. The number of nitro benzene ring substituents is 1. The van der Waals surface area contributed by atoms with Crippen LogP contribution in [0.25, 0.3) is 0 Å². The fraction of sp³-hybridized carbons (Fsp3) is 0.0870. The first-order valence-electron chi connectivity index (χ1n) is 9.87. The van der Waals surface area contributed by atoms with Crippen LogP contribution in [0.2, 0.25) is 5.02 Å². The summed E-state index contributed by atoms with van der Waals surface area (Å²) in [6.07, 6.45) is -1.27. The number of urea groups is 1. The second-order valence-corrected chi connectivity index (χ2v) is 7.61. The maximum atomic E-state index is 13.1. The highest BCUT2D eigenvalue weighted by Crippen LogP contribution is 2.29. The molecule has 10 heteroatoms. The third kappa shape index (κ3) is 4.53. The van der Waals surface area contributed by atoms with Crippen LogP contribution in [-0.2, 0) is 4.79 Å². The molecule has 1 aliphatic rings. The molecule has 33 heavy (non-hydrogen) atoms. The van der Waals surface area contributed by atoms with Crippen LogP contribution >= 0.6 is 11.6 Å². The van der Waals surface area contributed by atoms with Crippen LogP contribution in [0.15, 0.2) is 77.8 Å². The van der Waals surface area contributed by atoms with E-state index < -0.39 is 23.0 Å². The molecule has 9 nitrogen and oxygen atoms in total. The van der Waals surface area contributed by atoms with Crippen LogP contribution in [0.3, 0.4) is 0 Å². The summed E-state index contributed by atoms with van der Waals surface area (Å²) in [4.78, 5) is 42.5. The second kappa shape index (κ2) is 9.09. The Morgan fingerprint density at radius 3 is 2.52 bits per heavy atom. The molecule has 0 saturated heterocycles. The molecule has 1 aliphatic heterocycles. The number of nitrogens with zero attached hydrogens (tertiary/aromatic N) is 3. The number of halogens is 1. The van der Waals surface area contributed by atoms with Gasteiger partial charge < -0.3 is 15.5 Å². The predicted molar refractivity (Wildman–Crippen MR) is 126 cm³/mol. The molecule has 2 N–H and O–H groups in total. The van der Waals surface area contributed by atoms with Crippen LogP contribution in [-0.4, -0.2) is 35.8 Å². The van der Waals surface area contributed by atoms with Crippen molar-refractivity contribution in [1.82, 2.24) is 5.32 Å². The molecule has 3 amide bonds. The van der Waals surface area contributed by atoms with Gasteiger partial charge >= 0.3 is 6.03 Å². The summed E-state index contributed by atoms with van der Waals surface area (Å²) in [5.74, 6) is -0.468. The number of anilines is 2. The van der Waals surface area contributed by atoms with E-state index in [1.165, 1.54) is 23.1 Å². The highest BCUT2D eigenvalue weighted by Gasteiger charge is 2.31. The Bertz CT molecular complexity index is 1280. The number of nitro groups is 1. The van der Waals surface area contributed by atoms with E-state index in [1.54, 1.807) is 13.1 Å². The van der Waals surface area contributed by atoms with Gasteiger partial charge in [0.2, 0.25) is 6.17 Å². The number of nitrogens with one attached hydrogen (secondary N) is 2. The lowest BCUT2D eigenvalue weighted by molar-refractivity contribution is -0.383. The average Bonchev–Trinajstić information content (AvgIpc) is 2.90. The highest BCUT2D eigenvalue weighted by molar-refractivity contribution is 6.31. The molecule has 0 aliphatic carbocycles. The van der Waals surface area contributed by atoms with Crippen LogP contribution in [0.4, 0.5) is 21.9 Å². The molecular formula is C23H18ClN5O4. The zero-order chi connectivity index (χ0) is 23.5. The smallest absolute Gasteiger partial charge is 0.311 e. The van der Waals surface area contributed by atoms with Gasteiger partial charge in [-0.2, -0.15) is 0 Å². The van der Waals surface area contributed by atoms with Crippen molar-refractivity contribution in [3.05, 3.63) is 99.1 Å². The first kappa shape index (κ1) is 22.0. The number of para-hydroxylation sites is 1. The van der Waals surface area contributed by atoms with E-state index in [2.05, 4.69) is 15.6 Å². The van der Waals surface area contributed by atoms with E-state index in [-0.39, 0.29) is 16.4 Å². The topological polar surface area (TPSA) is 117 Å². The average molecular weight is 464 g/mol. The number of amides is 3. The second-order valence-electron chi connectivity index (χ2n) is 7.18. The molecule has 0 saturated carbocycles. The van der Waals surface area contributed by atoms with Gasteiger partial charge in [0, 0.05) is 29.3 Å². The summed E-state index contributed by atoms with van der Waals surface area (Å²) >= 11 is 5.92. The number of benzene rings is 3. The molecule has 0 fully saturated rings. The predicted octanol–water partition coefficient (Wildman–Crippen LogP) is 4.21. The summed E-state index contributed by atoms with van der Waals surface area (Å²) in [6.45, 7) is 0. The summed E-state index contributed by atoms with van der Waals surface area (Å²) in [6, 6.07) is 19.5. The van der Waals surface area contributed by atoms with Gasteiger partial charge in [0.05, 0.1) is 16.3 Å². The van der Waals surface area contributed by atoms with Crippen molar-refractivity contribution in [3.63, 3.8) is 0 Å². The van der Waals surface area contributed by atoms with Gasteiger partial charge in [-0.1, -0.05) is 60.1 Å². The minimum absolute atomic E-state index is 0.102.